The van der Waals surface area contributed by atoms with E-state index in [1.54, 1.807) is 19.1 Å². The highest BCUT2D eigenvalue weighted by molar-refractivity contribution is 7.95. The molecule has 16 heteroatoms. The van der Waals surface area contributed by atoms with E-state index >= 15 is 0 Å². The lowest BCUT2D eigenvalue weighted by Gasteiger charge is -2.25. The van der Waals surface area contributed by atoms with Crippen molar-refractivity contribution in [1.29, 1.82) is 0 Å². The molecule has 3 aromatic rings. The van der Waals surface area contributed by atoms with Gasteiger partial charge in [-0.15, -0.1) is 0 Å². The van der Waals surface area contributed by atoms with Crippen molar-refractivity contribution in [3.8, 4) is 5.75 Å². The Hall–Kier alpha value is -3.69. The van der Waals surface area contributed by atoms with Crippen LogP contribution in [-0.4, -0.2) is 68.5 Å². The van der Waals surface area contributed by atoms with E-state index in [4.69, 9.17) is 4.74 Å². The van der Waals surface area contributed by atoms with Crippen LogP contribution in [0.15, 0.2) is 41.0 Å². The zero-order valence-electron chi connectivity index (χ0n) is 20.8. The van der Waals surface area contributed by atoms with Crippen LogP contribution >= 0.6 is 0 Å². The quantitative estimate of drug-likeness (QED) is 0.339. The molecule has 0 spiro atoms. The van der Waals surface area contributed by atoms with Gasteiger partial charge in [0.15, 0.2) is 6.61 Å². The van der Waals surface area contributed by atoms with Gasteiger partial charge in [-0.25, -0.2) is 18.6 Å². The summed E-state index contributed by atoms with van der Waals surface area (Å²) < 4.78 is 113. The van der Waals surface area contributed by atoms with E-state index < -0.39 is 58.4 Å². The average Bonchev–Trinajstić information content (AvgIpc) is 2.80. The highest BCUT2D eigenvalue weighted by atomic mass is 32.2. The molecule has 1 saturated heterocycles. The van der Waals surface area contributed by atoms with Crippen LogP contribution in [0.3, 0.4) is 0 Å². The van der Waals surface area contributed by atoms with Crippen molar-refractivity contribution in [1.82, 2.24) is 14.9 Å². The molecule has 1 fully saturated rings. The number of carbonyl (C=O) groups is 1. The summed E-state index contributed by atoms with van der Waals surface area (Å²) in [7, 11) is -2.28. The molecule has 40 heavy (non-hydrogen) atoms. The molecule has 0 aliphatic carbocycles. The van der Waals surface area contributed by atoms with Gasteiger partial charge in [0.2, 0.25) is 0 Å². The van der Waals surface area contributed by atoms with Crippen LogP contribution in [0.2, 0.25) is 0 Å². The summed E-state index contributed by atoms with van der Waals surface area (Å²) in [5, 5.41) is 3.40. The Kier molecular flexibility index (Phi) is 8.10. The predicted octanol–water partition coefficient (Wildman–Crippen LogP) is 5.66. The highest BCUT2D eigenvalue weighted by Crippen LogP contribution is 2.34. The van der Waals surface area contributed by atoms with Gasteiger partial charge >= 0.3 is 12.4 Å². The summed E-state index contributed by atoms with van der Waals surface area (Å²) in [4.78, 5) is 20.2. The van der Waals surface area contributed by atoms with Gasteiger partial charge in [-0.2, -0.15) is 30.7 Å². The molecule has 0 atom stereocenters. The summed E-state index contributed by atoms with van der Waals surface area (Å²) in [5.74, 6) is -1.56. The topological polar surface area (TPSA) is 96.8 Å². The van der Waals surface area contributed by atoms with E-state index in [0.29, 0.717) is 33.7 Å². The first-order valence-electron chi connectivity index (χ1n) is 11.7. The maximum absolute atomic E-state index is 14.0. The van der Waals surface area contributed by atoms with Crippen molar-refractivity contribution in [2.75, 3.05) is 36.5 Å². The molecular formula is C24H22F7N5O3S. The molecule has 4 rings (SSSR count). The second kappa shape index (κ2) is 11.1. The molecule has 2 heterocycles. The molecule has 0 unspecified atom stereocenters. The number of nitrogens with one attached hydrogen (secondary N) is 1. The first-order valence-corrected chi connectivity index (χ1v) is 13.5. The minimum Gasteiger partial charge on any atom is -0.481 e. The van der Waals surface area contributed by atoms with Crippen molar-refractivity contribution in [3.63, 3.8) is 0 Å². The molecule has 1 aromatic heterocycles. The molecule has 8 nitrogen and oxygen atoms in total. The minimum atomic E-state index is -5.08. The van der Waals surface area contributed by atoms with Gasteiger partial charge in [0, 0.05) is 23.0 Å². The molecule has 1 N–H and O–H groups in total. The third-order valence-corrected chi connectivity index (χ3v) is 8.16. The smallest absolute Gasteiger partial charge is 0.406 e. The number of halogens is 7. The van der Waals surface area contributed by atoms with E-state index in [0.717, 1.165) is 18.6 Å². The van der Waals surface area contributed by atoms with E-state index in [-0.39, 0.29) is 17.3 Å². The van der Waals surface area contributed by atoms with Gasteiger partial charge in [-0.1, -0.05) is 0 Å². The van der Waals surface area contributed by atoms with E-state index in [1.807, 2.05) is 0 Å². The zero-order valence-corrected chi connectivity index (χ0v) is 21.6. The van der Waals surface area contributed by atoms with Crippen molar-refractivity contribution >= 4 is 43.7 Å². The number of amides is 1. The lowest BCUT2D eigenvalue weighted by molar-refractivity contribution is -0.188. The standard InChI is InChI=1S/C24H22F7N5O3S/c1-14-7-16(35-40(38)5-2-6-40)9-18-21(14)22(33-13-32-18)34-17-4-3-15(25)8-19(17)39-10-20(37)36(11-23(26,27)28)12-24(29,30)31/h3-4,7-9,13H,2,5-6,10-12H2,1H3,(H,32,33,34). The van der Waals surface area contributed by atoms with Crippen LogP contribution in [0, 0.1) is 12.7 Å². The SMILES string of the molecule is Cc1cc(N=S2(=O)CCC2)cc2ncnc(Nc3ccc(F)cc3OCC(=O)N(CC(F)(F)F)CC(F)(F)F)c12. The maximum atomic E-state index is 14.0. The van der Waals surface area contributed by atoms with Gasteiger partial charge in [-0.3, -0.25) is 4.79 Å². The highest BCUT2D eigenvalue weighted by Gasteiger charge is 2.39. The number of alkyl halides is 6. The fraction of sp³-hybridized carbons (Fsp3) is 0.375. The number of hydrogen-bond acceptors (Lipinski definition) is 7. The molecule has 1 aliphatic heterocycles. The summed E-state index contributed by atoms with van der Waals surface area (Å²) in [6.45, 7) is -3.77. The van der Waals surface area contributed by atoms with E-state index in [1.165, 1.54) is 12.4 Å². The van der Waals surface area contributed by atoms with Crippen LogP contribution in [0.1, 0.15) is 12.0 Å². The predicted molar refractivity (Wildman–Crippen MR) is 133 cm³/mol. The Morgan fingerprint density at radius 1 is 1.07 bits per heavy atom. The summed E-state index contributed by atoms with van der Waals surface area (Å²) in [5.41, 5.74) is 1.59. The third-order valence-electron chi connectivity index (χ3n) is 5.76. The van der Waals surface area contributed by atoms with Crippen LogP contribution in [0.25, 0.3) is 10.9 Å². The largest absolute Gasteiger partial charge is 0.481 e. The van der Waals surface area contributed by atoms with Gasteiger partial charge in [0.1, 0.15) is 36.8 Å². The molecule has 0 saturated carbocycles. The Bertz CT molecular complexity index is 1530. The van der Waals surface area contributed by atoms with E-state index in [2.05, 4.69) is 19.6 Å². The summed E-state index contributed by atoms with van der Waals surface area (Å²) >= 11 is 0. The lowest BCUT2D eigenvalue weighted by Crippen LogP contribution is -2.46. The molecule has 1 aliphatic rings. The minimum absolute atomic E-state index is 0.0259. The number of rotatable bonds is 8. The number of aromatic nitrogens is 2. The average molecular weight is 594 g/mol. The number of anilines is 2. The van der Waals surface area contributed by atoms with Crippen molar-refractivity contribution in [3.05, 3.63) is 48.0 Å². The number of ether oxygens (including phenoxy) is 1. The molecule has 216 valence electrons. The number of hydrogen-bond donors (Lipinski definition) is 1. The Balaban J connectivity index is 1.59. The van der Waals surface area contributed by atoms with Crippen LogP contribution in [0.4, 0.5) is 47.9 Å². The molecular weight excluding hydrogens is 571 g/mol. The number of nitrogens with zero attached hydrogens (tertiary/aromatic N) is 4. The van der Waals surface area contributed by atoms with Gasteiger partial charge in [-0.05, 0) is 43.2 Å². The van der Waals surface area contributed by atoms with E-state index in [9.17, 15) is 39.7 Å². The summed E-state index contributed by atoms with van der Waals surface area (Å²) in [6.07, 6.45) is -8.11. The second-order valence-corrected chi connectivity index (χ2v) is 11.6. The Morgan fingerprint density at radius 2 is 1.75 bits per heavy atom. The fourth-order valence-corrected chi connectivity index (χ4v) is 5.39. The second-order valence-electron chi connectivity index (χ2n) is 9.04. The third kappa shape index (κ3) is 7.49. The van der Waals surface area contributed by atoms with Crippen molar-refractivity contribution in [2.24, 2.45) is 4.36 Å². The van der Waals surface area contributed by atoms with Crippen LogP contribution in [-0.2, 0) is 14.5 Å². The van der Waals surface area contributed by atoms with Crippen molar-refractivity contribution < 1.29 is 44.5 Å². The summed E-state index contributed by atoms with van der Waals surface area (Å²) in [6, 6.07) is 6.36. The lowest BCUT2D eigenvalue weighted by atomic mass is 10.1. The van der Waals surface area contributed by atoms with Crippen LogP contribution < -0.4 is 10.1 Å². The Morgan fingerprint density at radius 3 is 2.35 bits per heavy atom. The van der Waals surface area contributed by atoms with Gasteiger partial charge in [0.05, 0.1) is 26.6 Å². The molecule has 0 bridgehead atoms. The molecule has 2 aromatic carbocycles. The number of aryl methyl sites for hydroxylation is 1. The zero-order chi connectivity index (χ0) is 29.3. The number of benzene rings is 2. The van der Waals surface area contributed by atoms with Gasteiger partial charge < -0.3 is 15.0 Å². The Labute approximate surface area is 223 Å². The first kappa shape index (κ1) is 29.3. The number of carbonyl (C=O) groups excluding carboxylic acids is 1. The first-order chi connectivity index (χ1) is 18.6. The molecule has 0 radical (unpaired) electrons. The fourth-order valence-electron chi connectivity index (χ4n) is 3.94. The maximum Gasteiger partial charge on any atom is 0.406 e. The molecule has 1 amide bonds. The van der Waals surface area contributed by atoms with Crippen LogP contribution in [0.5, 0.6) is 5.75 Å². The normalized spacial score (nSPS) is 14.9. The van der Waals surface area contributed by atoms with Crippen molar-refractivity contribution in [2.45, 2.75) is 25.7 Å². The monoisotopic (exact) mass is 593 g/mol. The van der Waals surface area contributed by atoms with Gasteiger partial charge in [0.25, 0.3) is 5.91 Å². The number of fused-ring (bicyclic) bond motifs is 1.